The van der Waals surface area contributed by atoms with E-state index in [2.05, 4.69) is 0 Å². The van der Waals surface area contributed by atoms with Gasteiger partial charge >= 0.3 is 0 Å². The summed E-state index contributed by atoms with van der Waals surface area (Å²) in [6.45, 7) is 5.86. The van der Waals surface area contributed by atoms with Crippen LogP contribution in [0, 0.1) is 5.92 Å². The normalized spacial score (nSPS) is 21.4. The van der Waals surface area contributed by atoms with E-state index < -0.39 is 0 Å². The van der Waals surface area contributed by atoms with Crippen LogP contribution in [0.4, 0.5) is 5.69 Å². The number of fused-ring (bicyclic) bond motifs is 1. The Morgan fingerprint density at radius 1 is 1.32 bits per heavy atom. The van der Waals surface area contributed by atoms with Crippen LogP contribution in [0.2, 0.25) is 0 Å². The molecule has 5 heteroatoms. The van der Waals surface area contributed by atoms with Crippen LogP contribution in [0.1, 0.15) is 31.4 Å². The Kier molecular flexibility index (Phi) is 3.81. The van der Waals surface area contributed by atoms with Crippen LogP contribution in [-0.4, -0.2) is 40.7 Å². The Morgan fingerprint density at radius 2 is 2.09 bits per heavy atom. The summed E-state index contributed by atoms with van der Waals surface area (Å²) in [6.07, 6.45) is 1.20. The molecule has 0 saturated carbocycles. The molecule has 2 heterocycles. The largest absolute Gasteiger partial charge is 0.399 e. The summed E-state index contributed by atoms with van der Waals surface area (Å²) in [5.41, 5.74) is 8.97. The number of rotatable bonds is 2. The van der Waals surface area contributed by atoms with Gasteiger partial charge in [-0.25, -0.2) is 0 Å². The molecule has 0 aliphatic carbocycles. The molecule has 2 N–H and O–H groups in total. The third-order valence-electron chi connectivity index (χ3n) is 4.69. The van der Waals surface area contributed by atoms with Crippen LogP contribution in [-0.2, 0) is 22.6 Å². The Hall–Kier alpha value is -2.04. The molecule has 1 saturated heterocycles. The van der Waals surface area contributed by atoms with Gasteiger partial charge in [0.1, 0.15) is 0 Å². The fourth-order valence-electron chi connectivity index (χ4n) is 3.42. The second-order valence-electron chi connectivity index (χ2n) is 6.58. The van der Waals surface area contributed by atoms with Crippen molar-refractivity contribution in [2.24, 2.45) is 5.92 Å². The van der Waals surface area contributed by atoms with Crippen molar-refractivity contribution in [3.63, 3.8) is 0 Å². The first kappa shape index (κ1) is 14.9. The number of carbonyl (C=O) groups is 2. The van der Waals surface area contributed by atoms with Crippen LogP contribution < -0.4 is 5.73 Å². The number of amides is 2. The molecule has 2 aliphatic heterocycles. The molecule has 1 fully saturated rings. The predicted molar refractivity (Wildman–Crippen MR) is 84.9 cm³/mol. The van der Waals surface area contributed by atoms with Gasteiger partial charge in [-0.2, -0.15) is 0 Å². The average molecular weight is 301 g/mol. The predicted octanol–water partition coefficient (Wildman–Crippen LogP) is 1.41. The fraction of sp³-hybridized carbons (Fsp3) is 0.529. The number of likely N-dealkylation sites (tertiary alicyclic amines) is 1. The molecule has 1 unspecified atom stereocenters. The van der Waals surface area contributed by atoms with Gasteiger partial charge in [0, 0.05) is 37.8 Å². The van der Waals surface area contributed by atoms with E-state index in [1.165, 1.54) is 5.56 Å². The number of hydrogen-bond donors (Lipinski definition) is 1. The molecule has 0 spiro atoms. The van der Waals surface area contributed by atoms with E-state index in [0.29, 0.717) is 19.5 Å². The molecule has 118 valence electrons. The Balaban J connectivity index is 1.71. The number of nitrogen functional groups attached to an aromatic ring is 1. The van der Waals surface area contributed by atoms with Gasteiger partial charge in [0.15, 0.2) is 0 Å². The number of anilines is 1. The van der Waals surface area contributed by atoms with Crippen molar-refractivity contribution in [1.82, 2.24) is 9.80 Å². The SMILES string of the molecule is CC(C)N1CC(C(=O)N2CCc3ccc(N)cc3C2)CC1=O. The fourth-order valence-corrected chi connectivity index (χ4v) is 3.42. The lowest BCUT2D eigenvalue weighted by atomic mass is 9.97. The van der Waals surface area contributed by atoms with Gasteiger partial charge in [-0.1, -0.05) is 6.07 Å². The summed E-state index contributed by atoms with van der Waals surface area (Å²) in [5, 5.41) is 0. The van der Waals surface area contributed by atoms with Crippen molar-refractivity contribution < 1.29 is 9.59 Å². The summed E-state index contributed by atoms with van der Waals surface area (Å²) in [6, 6.07) is 6.07. The van der Waals surface area contributed by atoms with Gasteiger partial charge in [0.25, 0.3) is 0 Å². The lowest BCUT2D eigenvalue weighted by Crippen LogP contribution is -2.41. The second kappa shape index (κ2) is 5.63. The number of benzene rings is 1. The minimum Gasteiger partial charge on any atom is -0.399 e. The molecule has 1 aromatic carbocycles. The van der Waals surface area contributed by atoms with Gasteiger partial charge in [-0.3, -0.25) is 9.59 Å². The topological polar surface area (TPSA) is 66.6 Å². The summed E-state index contributed by atoms with van der Waals surface area (Å²) in [5.74, 6) is -0.00270. The average Bonchev–Trinajstić information content (AvgIpc) is 2.88. The molecule has 0 radical (unpaired) electrons. The van der Waals surface area contributed by atoms with E-state index in [1.54, 1.807) is 4.90 Å². The molecular formula is C17H23N3O2. The molecule has 1 atom stereocenters. The number of nitrogens with zero attached hydrogens (tertiary/aromatic N) is 2. The zero-order chi connectivity index (χ0) is 15.9. The van der Waals surface area contributed by atoms with Crippen LogP contribution in [0.15, 0.2) is 18.2 Å². The van der Waals surface area contributed by atoms with Gasteiger partial charge in [-0.05, 0) is 43.5 Å². The van der Waals surface area contributed by atoms with E-state index in [1.807, 2.05) is 36.9 Å². The molecule has 0 bridgehead atoms. The zero-order valence-electron chi connectivity index (χ0n) is 13.2. The summed E-state index contributed by atoms with van der Waals surface area (Å²) >= 11 is 0. The van der Waals surface area contributed by atoms with Crippen molar-refractivity contribution in [2.45, 2.75) is 39.3 Å². The smallest absolute Gasteiger partial charge is 0.228 e. The molecule has 3 rings (SSSR count). The highest BCUT2D eigenvalue weighted by Crippen LogP contribution is 2.26. The molecule has 0 aromatic heterocycles. The molecule has 22 heavy (non-hydrogen) atoms. The molecule has 2 amide bonds. The van der Waals surface area contributed by atoms with Crippen LogP contribution >= 0.6 is 0 Å². The van der Waals surface area contributed by atoms with Gasteiger partial charge in [-0.15, -0.1) is 0 Å². The second-order valence-corrected chi connectivity index (χ2v) is 6.58. The van der Waals surface area contributed by atoms with Crippen molar-refractivity contribution >= 4 is 17.5 Å². The lowest BCUT2D eigenvalue weighted by molar-refractivity contribution is -0.136. The first-order valence-corrected chi connectivity index (χ1v) is 7.91. The van der Waals surface area contributed by atoms with Gasteiger partial charge in [0.2, 0.25) is 11.8 Å². The molecule has 5 nitrogen and oxygen atoms in total. The highest BCUT2D eigenvalue weighted by molar-refractivity contribution is 5.89. The maximum absolute atomic E-state index is 12.7. The van der Waals surface area contributed by atoms with E-state index in [0.717, 1.165) is 24.2 Å². The molecule has 2 aliphatic rings. The van der Waals surface area contributed by atoms with E-state index >= 15 is 0 Å². The van der Waals surface area contributed by atoms with E-state index in [-0.39, 0.29) is 23.8 Å². The monoisotopic (exact) mass is 301 g/mol. The molecular weight excluding hydrogens is 278 g/mol. The van der Waals surface area contributed by atoms with E-state index in [9.17, 15) is 9.59 Å². The molecule has 1 aromatic rings. The third-order valence-corrected chi connectivity index (χ3v) is 4.69. The quantitative estimate of drug-likeness (QED) is 0.840. The van der Waals surface area contributed by atoms with Crippen LogP contribution in [0.5, 0.6) is 0 Å². The Labute approximate surface area is 131 Å². The standard InChI is InChI=1S/C17H23N3O2/c1-11(2)20-10-14(8-16(20)21)17(22)19-6-5-12-3-4-15(18)7-13(12)9-19/h3-4,7,11,14H,5-6,8-10,18H2,1-2H3. The van der Waals surface area contributed by atoms with Crippen molar-refractivity contribution in [2.75, 3.05) is 18.8 Å². The zero-order valence-corrected chi connectivity index (χ0v) is 13.2. The summed E-state index contributed by atoms with van der Waals surface area (Å²) in [4.78, 5) is 28.4. The maximum atomic E-state index is 12.7. The van der Waals surface area contributed by atoms with E-state index in [4.69, 9.17) is 5.73 Å². The Morgan fingerprint density at radius 3 is 2.77 bits per heavy atom. The summed E-state index contributed by atoms with van der Waals surface area (Å²) in [7, 11) is 0. The minimum atomic E-state index is -0.197. The summed E-state index contributed by atoms with van der Waals surface area (Å²) < 4.78 is 0. The lowest BCUT2D eigenvalue weighted by Gasteiger charge is -2.31. The number of nitrogens with two attached hydrogens (primary N) is 1. The van der Waals surface area contributed by atoms with Gasteiger partial charge < -0.3 is 15.5 Å². The highest BCUT2D eigenvalue weighted by Gasteiger charge is 2.38. The van der Waals surface area contributed by atoms with Gasteiger partial charge in [0.05, 0.1) is 5.92 Å². The first-order chi connectivity index (χ1) is 10.5. The van der Waals surface area contributed by atoms with Crippen LogP contribution in [0.25, 0.3) is 0 Å². The van der Waals surface area contributed by atoms with Crippen molar-refractivity contribution in [3.8, 4) is 0 Å². The first-order valence-electron chi connectivity index (χ1n) is 7.91. The Bertz CT molecular complexity index is 612. The third kappa shape index (κ3) is 2.67. The van der Waals surface area contributed by atoms with Crippen molar-refractivity contribution in [1.29, 1.82) is 0 Å². The van der Waals surface area contributed by atoms with Crippen molar-refractivity contribution in [3.05, 3.63) is 29.3 Å². The highest BCUT2D eigenvalue weighted by atomic mass is 16.2. The maximum Gasteiger partial charge on any atom is 0.228 e. The minimum absolute atomic E-state index is 0.0926. The van der Waals surface area contributed by atoms with Crippen LogP contribution in [0.3, 0.4) is 0 Å². The number of carbonyl (C=O) groups excluding carboxylic acids is 2. The number of hydrogen-bond acceptors (Lipinski definition) is 3.